The van der Waals surface area contributed by atoms with Crippen molar-refractivity contribution in [1.29, 1.82) is 0 Å². The molecule has 0 aliphatic carbocycles. The molecule has 2 aromatic rings. The van der Waals surface area contributed by atoms with E-state index in [9.17, 15) is 18.8 Å². The van der Waals surface area contributed by atoms with E-state index in [1.165, 1.54) is 24.3 Å². The number of aromatic carboxylic acids is 1. The smallest absolute Gasteiger partial charge is 0.335 e. The zero-order chi connectivity index (χ0) is 25.9. The standard InChI is InChI=1S/C28H34FN3O4/c1-19(2)17-32-24(15-20-3-7-22(29)8-4-20)16-28(27(32)36)11-13-31(14-12-28)18-25(33)30-23-9-5-21(6-10-23)26(34)35/h3-10,19,24H,11-18H2,1-2H3,(H,30,33)(H,34,35). The Balaban J connectivity index is 1.36. The highest BCUT2D eigenvalue weighted by atomic mass is 19.1. The van der Waals surface area contributed by atoms with E-state index in [4.69, 9.17) is 5.11 Å². The second kappa shape index (κ2) is 10.8. The van der Waals surface area contributed by atoms with Crippen LogP contribution in [-0.2, 0) is 16.0 Å². The highest BCUT2D eigenvalue weighted by molar-refractivity contribution is 5.93. The zero-order valence-corrected chi connectivity index (χ0v) is 20.9. The van der Waals surface area contributed by atoms with E-state index in [2.05, 4.69) is 24.1 Å². The molecule has 0 aromatic heterocycles. The predicted octanol–water partition coefficient (Wildman–Crippen LogP) is 4.04. The van der Waals surface area contributed by atoms with Crippen molar-refractivity contribution >= 4 is 23.5 Å². The second-order valence-corrected chi connectivity index (χ2v) is 10.5. The molecule has 2 aromatic carbocycles. The van der Waals surface area contributed by atoms with E-state index in [1.54, 1.807) is 24.3 Å². The fourth-order valence-corrected chi connectivity index (χ4v) is 5.48. The number of carboxylic acids is 1. The quantitative estimate of drug-likeness (QED) is 0.577. The molecule has 2 saturated heterocycles. The van der Waals surface area contributed by atoms with Crippen molar-refractivity contribution in [3.05, 3.63) is 65.5 Å². The van der Waals surface area contributed by atoms with Crippen LogP contribution in [-0.4, -0.2) is 64.9 Å². The highest BCUT2D eigenvalue weighted by Gasteiger charge is 2.52. The first-order valence-electron chi connectivity index (χ1n) is 12.6. The van der Waals surface area contributed by atoms with Crippen LogP contribution in [0.15, 0.2) is 48.5 Å². The normalized spacial score (nSPS) is 19.7. The zero-order valence-electron chi connectivity index (χ0n) is 20.9. The predicted molar refractivity (Wildman–Crippen MR) is 135 cm³/mol. The third-order valence-electron chi connectivity index (χ3n) is 7.32. The summed E-state index contributed by atoms with van der Waals surface area (Å²) in [6.45, 7) is 6.48. The maximum absolute atomic E-state index is 13.6. The summed E-state index contributed by atoms with van der Waals surface area (Å²) in [6.07, 6.45) is 2.92. The minimum absolute atomic E-state index is 0.0917. The number of benzene rings is 2. The Kier molecular flexibility index (Phi) is 7.73. The number of nitrogens with one attached hydrogen (secondary N) is 1. The lowest BCUT2D eigenvalue weighted by Crippen LogP contribution is -2.47. The molecule has 7 nitrogen and oxygen atoms in total. The lowest BCUT2D eigenvalue weighted by molar-refractivity contribution is -0.139. The van der Waals surface area contributed by atoms with Crippen molar-refractivity contribution in [2.24, 2.45) is 11.3 Å². The Morgan fingerprint density at radius 1 is 1.08 bits per heavy atom. The minimum atomic E-state index is -1.01. The molecule has 192 valence electrons. The number of rotatable bonds is 8. The maximum Gasteiger partial charge on any atom is 0.335 e. The van der Waals surface area contributed by atoms with E-state index < -0.39 is 11.4 Å². The van der Waals surface area contributed by atoms with Gasteiger partial charge in [0.2, 0.25) is 11.8 Å². The van der Waals surface area contributed by atoms with Crippen molar-refractivity contribution < 1.29 is 23.9 Å². The molecule has 2 N–H and O–H groups in total. The molecule has 0 saturated carbocycles. The molecular weight excluding hydrogens is 461 g/mol. The van der Waals surface area contributed by atoms with E-state index in [1.807, 2.05) is 4.90 Å². The minimum Gasteiger partial charge on any atom is -0.478 e. The van der Waals surface area contributed by atoms with Gasteiger partial charge in [-0.3, -0.25) is 14.5 Å². The fraction of sp³-hybridized carbons (Fsp3) is 0.464. The third-order valence-corrected chi connectivity index (χ3v) is 7.32. The van der Waals surface area contributed by atoms with Gasteiger partial charge in [0.15, 0.2) is 0 Å². The summed E-state index contributed by atoms with van der Waals surface area (Å²) in [7, 11) is 0. The van der Waals surface area contributed by atoms with Crippen LogP contribution in [0.2, 0.25) is 0 Å². The highest BCUT2D eigenvalue weighted by Crippen LogP contribution is 2.45. The fourth-order valence-electron chi connectivity index (χ4n) is 5.48. The van der Waals surface area contributed by atoms with Gasteiger partial charge in [-0.25, -0.2) is 9.18 Å². The van der Waals surface area contributed by atoms with Crippen LogP contribution in [0.5, 0.6) is 0 Å². The van der Waals surface area contributed by atoms with Gasteiger partial charge in [-0.15, -0.1) is 0 Å². The van der Waals surface area contributed by atoms with Gasteiger partial charge >= 0.3 is 5.97 Å². The van der Waals surface area contributed by atoms with Crippen LogP contribution in [0.25, 0.3) is 0 Å². The monoisotopic (exact) mass is 495 g/mol. The second-order valence-electron chi connectivity index (χ2n) is 10.5. The van der Waals surface area contributed by atoms with Gasteiger partial charge in [-0.1, -0.05) is 26.0 Å². The number of carbonyl (C=O) groups excluding carboxylic acids is 2. The summed E-state index contributed by atoms with van der Waals surface area (Å²) in [5, 5.41) is 11.8. The number of hydrogen-bond donors (Lipinski definition) is 2. The molecule has 0 bridgehead atoms. The van der Waals surface area contributed by atoms with Gasteiger partial charge in [0.25, 0.3) is 0 Å². The molecule has 2 fully saturated rings. The SMILES string of the molecule is CC(C)CN1C(=O)C2(CCN(CC(=O)Nc3ccc(C(=O)O)cc3)CC2)CC1Cc1ccc(F)cc1. The van der Waals surface area contributed by atoms with E-state index in [-0.39, 0.29) is 35.8 Å². The van der Waals surface area contributed by atoms with Gasteiger partial charge in [0.05, 0.1) is 17.5 Å². The van der Waals surface area contributed by atoms with Crippen molar-refractivity contribution in [2.75, 3.05) is 31.5 Å². The van der Waals surface area contributed by atoms with Gasteiger partial charge in [0.1, 0.15) is 5.82 Å². The number of hydrogen-bond acceptors (Lipinski definition) is 4. The topological polar surface area (TPSA) is 90.0 Å². The molecule has 1 spiro atoms. The van der Waals surface area contributed by atoms with Gasteiger partial charge in [-0.2, -0.15) is 0 Å². The number of anilines is 1. The molecule has 2 heterocycles. The van der Waals surface area contributed by atoms with Crippen molar-refractivity contribution in [2.45, 2.75) is 45.6 Å². The van der Waals surface area contributed by atoms with Crippen LogP contribution in [0.1, 0.15) is 49.0 Å². The molecule has 8 heteroatoms. The van der Waals surface area contributed by atoms with E-state index >= 15 is 0 Å². The summed E-state index contributed by atoms with van der Waals surface area (Å²) in [6, 6.07) is 12.7. The molecule has 2 aliphatic rings. The van der Waals surface area contributed by atoms with Crippen LogP contribution in [0.4, 0.5) is 10.1 Å². The Labute approximate surface area is 211 Å². The number of nitrogens with zero attached hydrogens (tertiary/aromatic N) is 2. The Morgan fingerprint density at radius 2 is 1.72 bits per heavy atom. The Hall–Kier alpha value is -3.26. The summed E-state index contributed by atoms with van der Waals surface area (Å²) < 4.78 is 13.4. The molecule has 0 radical (unpaired) electrons. The van der Waals surface area contributed by atoms with Crippen molar-refractivity contribution in [1.82, 2.24) is 9.80 Å². The number of carboxylic acid groups (broad SMARTS) is 1. The van der Waals surface area contributed by atoms with Gasteiger partial charge in [-0.05, 0) is 86.7 Å². The summed E-state index contributed by atoms with van der Waals surface area (Å²) >= 11 is 0. The van der Waals surface area contributed by atoms with Gasteiger partial charge in [0, 0.05) is 18.3 Å². The number of amides is 2. The molecule has 2 aliphatic heterocycles. The van der Waals surface area contributed by atoms with Crippen LogP contribution in [0, 0.1) is 17.2 Å². The first kappa shape index (κ1) is 25.8. The van der Waals surface area contributed by atoms with E-state index in [0.29, 0.717) is 50.5 Å². The first-order chi connectivity index (χ1) is 17.1. The average Bonchev–Trinajstić information content (AvgIpc) is 3.07. The first-order valence-corrected chi connectivity index (χ1v) is 12.6. The summed E-state index contributed by atoms with van der Waals surface area (Å²) in [4.78, 5) is 41.3. The number of carbonyl (C=O) groups is 3. The summed E-state index contributed by atoms with van der Waals surface area (Å²) in [5.74, 6) is -0.865. The largest absolute Gasteiger partial charge is 0.478 e. The Morgan fingerprint density at radius 3 is 2.31 bits per heavy atom. The number of piperidine rings is 1. The number of likely N-dealkylation sites (tertiary alicyclic amines) is 2. The molecule has 36 heavy (non-hydrogen) atoms. The molecule has 1 unspecified atom stereocenters. The van der Waals surface area contributed by atoms with Gasteiger partial charge < -0.3 is 15.3 Å². The van der Waals surface area contributed by atoms with E-state index in [0.717, 1.165) is 12.0 Å². The number of halogens is 1. The lowest BCUT2D eigenvalue weighted by atomic mass is 9.75. The lowest BCUT2D eigenvalue weighted by Gasteiger charge is -2.37. The van der Waals surface area contributed by atoms with Crippen molar-refractivity contribution in [3.8, 4) is 0 Å². The molecule has 4 rings (SSSR count). The van der Waals surface area contributed by atoms with Crippen molar-refractivity contribution in [3.63, 3.8) is 0 Å². The third kappa shape index (κ3) is 5.93. The van der Waals surface area contributed by atoms with Crippen LogP contribution < -0.4 is 5.32 Å². The molecule has 2 amide bonds. The average molecular weight is 496 g/mol. The molecule has 1 atom stereocenters. The Bertz CT molecular complexity index is 1090. The molecular formula is C28H34FN3O4. The summed E-state index contributed by atoms with van der Waals surface area (Å²) in [5.41, 5.74) is 1.35. The maximum atomic E-state index is 13.6. The van der Waals surface area contributed by atoms with Crippen LogP contribution in [0.3, 0.4) is 0 Å². The van der Waals surface area contributed by atoms with Crippen LogP contribution >= 0.6 is 0 Å².